The Balaban J connectivity index is 1.54. The van der Waals surface area contributed by atoms with E-state index in [0.717, 1.165) is 16.0 Å². The minimum atomic E-state index is -1.09. The van der Waals surface area contributed by atoms with E-state index < -0.39 is 30.6 Å². The summed E-state index contributed by atoms with van der Waals surface area (Å²) >= 11 is 6.24. The molecule has 7 nitrogen and oxygen atoms in total. The molecule has 3 amide bonds. The van der Waals surface area contributed by atoms with Crippen LogP contribution in [0.5, 0.6) is 5.75 Å². The number of imide groups is 1. The molecule has 1 N–H and O–H groups in total. The lowest BCUT2D eigenvalue weighted by Gasteiger charge is -2.18. The van der Waals surface area contributed by atoms with Gasteiger partial charge in [0.15, 0.2) is 12.7 Å². The summed E-state index contributed by atoms with van der Waals surface area (Å²) in [6, 6.07) is 14.5. The molecular weight excluding hydrogens is 384 g/mol. The molecule has 3 rings (SSSR count). The van der Waals surface area contributed by atoms with Gasteiger partial charge in [-0.05, 0) is 30.2 Å². The predicted molar refractivity (Wildman–Crippen MR) is 103 cm³/mol. The van der Waals surface area contributed by atoms with E-state index in [-0.39, 0.29) is 6.54 Å². The van der Waals surface area contributed by atoms with Crippen molar-refractivity contribution in [1.82, 2.24) is 10.2 Å². The zero-order valence-electron chi connectivity index (χ0n) is 15.2. The molecule has 0 unspecified atom stereocenters. The molecule has 1 heterocycles. The average molecular weight is 403 g/mol. The van der Waals surface area contributed by atoms with Crippen LogP contribution in [0.15, 0.2) is 48.5 Å². The van der Waals surface area contributed by atoms with Gasteiger partial charge in [-0.25, -0.2) is 9.59 Å². The van der Waals surface area contributed by atoms with Crippen molar-refractivity contribution in [2.45, 2.75) is 13.0 Å². The number of halogens is 1. The number of urea groups is 1. The highest BCUT2D eigenvalue weighted by Gasteiger charge is 2.31. The normalized spacial score (nSPS) is 14.4. The first kappa shape index (κ1) is 19.7. The Bertz CT molecular complexity index is 887. The van der Waals surface area contributed by atoms with Gasteiger partial charge in [0.2, 0.25) is 0 Å². The third-order valence-electron chi connectivity index (χ3n) is 4.16. The molecule has 146 valence electrons. The Kier molecular flexibility index (Phi) is 6.16. The van der Waals surface area contributed by atoms with Crippen LogP contribution in [0.1, 0.15) is 6.92 Å². The molecule has 2 aromatic rings. The van der Waals surface area contributed by atoms with Crippen LogP contribution >= 0.6 is 11.6 Å². The standard InChI is InChI=1S/C20H19ClN2O5/c1-13(19(25)23-10-9-22-20(23)26)28-18(24)12-27-17-8-7-15(11-16(17)21)14-5-3-2-4-6-14/h2-8,11,13H,9-10,12H2,1H3,(H,22,26)/t13-/m0/s1. The third-order valence-corrected chi connectivity index (χ3v) is 4.46. The molecule has 0 bridgehead atoms. The van der Waals surface area contributed by atoms with Crippen molar-refractivity contribution in [1.29, 1.82) is 0 Å². The molecule has 1 aliphatic heterocycles. The molecule has 1 fully saturated rings. The zero-order chi connectivity index (χ0) is 20.1. The third kappa shape index (κ3) is 4.61. The molecule has 0 saturated carbocycles. The number of ether oxygens (including phenoxy) is 2. The topological polar surface area (TPSA) is 84.9 Å². The highest BCUT2D eigenvalue weighted by Crippen LogP contribution is 2.30. The molecule has 1 aliphatic rings. The van der Waals surface area contributed by atoms with Gasteiger partial charge in [0.25, 0.3) is 5.91 Å². The molecule has 2 aromatic carbocycles. The maximum absolute atomic E-state index is 12.1. The van der Waals surface area contributed by atoms with Crippen LogP contribution in [0.25, 0.3) is 11.1 Å². The van der Waals surface area contributed by atoms with Crippen molar-refractivity contribution < 1.29 is 23.9 Å². The summed E-state index contributed by atoms with van der Waals surface area (Å²) in [6.07, 6.45) is -1.09. The van der Waals surface area contributed by atoms with Crippen molar-refractivity contribution in [3.8, 4) is 16.9 Å². The van der Waals surface area contributed by atoms with Crippen LogP contribution in [0, 0.1) is 0 Å². The number of benzene rings is 2. The van der Waals surface area contributed by atoms with Gasteiger partial charge in [0.05, 0.1) is 5.02 Å². The minimum Gasteiger partial charge on any atom is -0.480 e. The molecule has 0 spiro atoms. The van der Waals surface area contributed by atoms with Crippen LogP contribution in [0.3, 0.4) is 0 Å². The second-order valence-electron chi connectivity index (χ2n) is 6.15. The lowest BCUT2D eigenvalue weighted by atomic mass is 10.1. The predicted octanol–water partition coefficient (Wildman–Crippen LogP) is 2.87. The van der Waals surface area contributed by atoms with Crippen molar-refractivity contribution in [3.63, 3.8) is 0 Å². The maximum Gasteiger partial charge on any atom is 0.344 e. The van der Waals surface area contributed by atoms with Crippen LogP contribution in [-0.2, 0) is 14.3 Å². The fourth-order valence-electron chi connectivity index (χ4n) is 2.75. The molecular formula is C20H19ClN2O5. The molecule has 0 aliphatic carbocycles. The largest absolute Gasteiger partial charge is 0.480 e. The summed E-state index contributed by atoms with van der Waals surface area (Å²) in [7, 11) is 0. The first-order valence-electron chi connectivity index (χ1n) is 8.72. The van der Waals surface area contributed by atoms with Gasteiger partial charge in [-0.2, -0.15) is 0 Å². The van der Waals surface area contributed by atoms with Crippen LogP contribution in [0.2, 0.25) is 5.02 Å². The zero-order valence-corrected chi connectivity index (χ0v) is 15.9. The monoisotopic (exact) mass is 402 g/mol. The second kappa shape index (κ2) is 8.75. The van der Waals surface area contributed by atoms with E-state index in [0.29, 0.717) is 17.3 Å². The number of hydrogen-bond acceptors (Lipinski definition) is 5. The Morgan fingerprint density at radius 1 is 1.18 bits per heavy atom. The lowest BCUT2D eigenvalue weighted by Crippen LogP contribution is -2.42. The Morgan fingerprint density at radius 2 is 1.93 bits per heavy atom. The molecule has 1 saturated heterocycles. The average Bonchev–Trinajstić information content (AvgIpc) is 3.12. The SMILES string of the molecule is C[C@H](OC(=O)COc1ccc(-c2ccccc2)cc1Cl)C(=O)N1CCNC1=O. The van der Waals surface area contributed by atoms with Crippen LogP contribution in [0.4, 0.5) is 4.79 Å². The molecule has 1 atom stereocenters. The summed E-state index contributed by atoms with van der Waals surface area (Å²) in [5, 5.41) is 2.87. The number of carbonyl (C=O) groups is 3. The van der Waals surface area contributed by atoms with E-state index in [1.807, 2.05) is 36.4 Å². The number of nitrogens with one attached hydrogen (secondary N) is 1. The molecule has 0 aromatic heterocycles. The van der Waals surface area contributed by atoms with Gasteiger partial charge in [-0.15, -0.1) is 0 Å². The number of carbonyl (C=O) groups excluding carboxylic acids is 3. The first-order chi connectivity index (χ1) is 13.5. The van der Waals surface area contributed by atoms with E-state index in [9.17, 15) is 14.4 Å². The van der Waals surface area contributed by atoms with E-state index in [1.165, 1.54) is 6.92 Å². The molecule has 28 heavy (non-hydrogen) atoms. The second-order valence-corrected chi connectivity index (χ2v) is 6.56. The Labute approximate surface area is 167 Å². The lowest BCUT2D eigenvalue weighted by molar-refractivity contribution is -0.159. The highest BCUT2D eigenvalue weighted by atomic mass is 35.5. The van der Waals surface area contributed by atoms with Gasteiger partial charge in [-0.1, -0.05) is 48.0 Å². The quantitative estimate of drug-likeness (QED) is 0.751. The van der Waals surface area contributed by atoms with Gasteiger partial charge >= 0.3 is 12.0 Å². The van der Waals surface area contributed by atoms with Crippen molar-refractivity contribution in [2.24, 2.45) is 0 Å². The van der Waals surface area contributed by atoms with Gasteiger partial charge in [-0.3, -0.25) is 9.69 Å². The number of hydrogen-bond donors (Lipinski definition) is 1. The smallest absolute Gasteiger partial charge is 0.344 e. The maximum atomic E-state index is 12.1. The van der Waals surface area contributed by atoms with Gasteiger partial charge in [0.1, 0.15) is 5.75 Å². The van der Waals surface area contributed by atoms with E-state index >= 15 is 0 Å². The molecule has 0 radical (unpaired) electrons. The summed E-state index contributed by atoms with van der Waals surface area (Å²) in [4.78, 5) is 36.6. The van der Waals surface area contributed by atoms with Crippen LogP contribution < -0.4 is 10.1 Å². The van der Waals surface area contributed by atoms with E-state index in [4.69, 9.17) is 21.1 Å². The Morgan fingerprint density at radius 3 is 2.57 bits per heavy atom. The fourth-order valence-corrected chi connectivity index (χ4v) is 2.98. The van der Waals surface area contributed by atoms with E-state index in [2.05, 4.69) is 5.32 Å². The number of rotatable bonds is 6. The molecule has 8 heteroatoms. The summed E-state index contributed by atoms with van der Waals surface area (Å²) in [5.41, 5.74) is 1.93. The van der Waals surface area contributed by atoms with Crippen LogP contribution in [-0.4, -0.2) is 48.6 Å². The van der Waals surface area contributed by atoms with Crippen molar-refractivity contribution >= 4 is 29.5 Å². The first-order valence-corrected chi connectivity index (χ1v) is 9.10. The number of esters is 1. The minimum absolute atomic E-state index is 0.249. The fraction of sp³-hybridized carbons (Fsp3) is 0.250. The summed E-state index contributed by atoms with van der Waals surface area (Å²) in [6.45, 7) is 1.63. The Hall–Kier alpha value is -3.06. The number of nitrogens with zero attached hydrogens (tertiary/aromatic N) is 1. The van der Waals surface area contributed by atoms with Gasteiger partial charge < -0.3 is 14.8 Å². The highest BCUT2D eigenvalue weighted by molar-refractivity contribution is 6.32. The van der Waals surface area contributed by atoms with E-state index in [1.54, 1.807) is 12.1 Å². The van der Waals surface area contributed by atoms with Crippen molar-refractivity contribution in [3.05, 3.63) is 53.6 Å². The van der Waals surface area contributed by atoms with Crippen molar-refractivity contribution in [2.75, 3.05) is 19.7 Å². The summed E-state index contributed by atoms with van der Waals surface area (Å²) in [5.74, 6) is -0.978. The number of amides is 3. The van der Waals surface area contributed by atoms with Gasteiger partial charge in [0, 0.05) is 13.1 Å². The summed E-state index contributed by atoms with van der Waals surface area (Å²) < 4.78 is 10.5.